The van der Waals surface area contributed by atoms with Crippen molar-refractivity contribution < 1.29 is 28.2 Å². The molecule has 1 aromatic heterocycles. The fraction of sp³-hybridized carbons (Fsp3) is 0.538. The highest BCUT2D eigenvalue weighted by Gasteiger charge is 2.48. The molecule has 2 rings (SSSR count). The first-order valence-electron chi connectivity index (χ1n) is 6.20. The predicted molar refractivity (Wildman–Crippen MR) is 63.0 cm³/mol. The lowest BCUT2D eigenvalue weighted by molar-refractivity contribution is -0.148. The molecule has 0 unspecified atom stereocenters. The molecule has 7 heteroatoms. The molecule has 0 aliphatic heterocycles. The Balaban J connectivity index is 2.54. The zero-order valence-corrected chi connectivity index (χ0v) is 10.5. The van der Waals surface area contributed by atoms with Crippen molar-refractivity contribution in [3.8, 4) is 0 Å². The van der Waals surface area contributed by atoms with Crippen LogP contribution in [0.2, 0.25) is 0 Å². The Morgan fingerprint density at radius 3 is 2.45 bits per heavy atom. The van der Waals surface area contributed by atoms with Gasteiger partial charge in [0.05, 0.1) is 17.1 Å². The van der Waals surface area contributed by atoms with Crippen LogP contribution in [0.25, 0.3) is 0 Å². The number of aliphatic hydroxyl groups is 1. The highest BCUT2D eigenvalue weighted by Crippen LogP contribution is 2.44. The van der Waals surface area contributed by atoms with Gasteiger partial charge in [-0.1, -0.05) is 0 Å². The molecule has 0 bridgehead atoms. The third kappa shape index (κ3) is 2.49. The fourth-order valence-corrected chi connectivity index (χ4v) is 2.73. The van der Waals surface area contributed by atoms with E-state index >= 15 is 0 Å². The topological polar surface area (TPSA) is 70.4 Å². The van der Waals surface area contributed by atoms with Gasteiger partial charge in [-0.15, -0.1) is 0 Å². The van der Waals surface area contributed by atoms with Crippen LogP contribution in [0.4, 0.5) is 13.2 Å². The van der Waals surface area contributed by atoms with Crippen LogP contribution < -0.4 is 0 Å². The van der Waals surface area contributed by atoms with Crippen molar-refractivity contribution >= 4 is 5.97 Å². The second-order valence-corrected chi connectivity index (χ2v) is 5.04. The summed E-state index contributed by atoms with van der Waals surface area (Å²) in [6.45, 7) is 0. The maximum absolute atomic E-state index is 13.0. The van der Waals surface area contributed by atoms with Gasteiger partial charge in [-0.05, 0) is 37.3 Å². The standard InChI is InChI=1S/C13H14F3NO3/c14-13(15,16)10-7-17-6-3-9(10)12(11(19)20)4-1-8(18)2-5-12/h3,6-8,18H,1-2,4-5H2,(H,19,20). The van der Waals surface area contributed by atoms with Crippen LogP contribution in [0.3, 0.4) is 0 Å². The van der Waals surface area contributed by atoms with Crippen LogP contribution in [0, 0.1) is 0 Å². The second kappa shape index (κ2) is 5.05. The molecule has 1 aromatic rings. The number of carbonyl (C=O) groups is 1. The first-order valence-corrected chi connectivity index (χ1v) is 6.20. The zero-order valence-electron chi connectivity index (χ0n) is 10.5. The smallest absolute Gasteiger partial charge is 0.418 e. The molecule has 1 fully saturated rings. The molecule has 1 heterocycles. The Kier molecular flexibility index (Phi) is 3.73. The molecule has 1 aliphatic carbocycles. The molecule has 0 aromatic carbocycles. The molecule has 2 N–H and O–H groups in total. The third-order valence-electron chi connectivity index (χ3n) is 3.86. The number of carboxylic acid groups (broad SMARTS) is 1. The van der Waals surface area contributed by atoms with Gasteiger partial charge in [0.15, 0.2) is 0 Å². The lowest BCUT2D eigenvalue weighted by atomic mass is 9.67. The van der Waals surface area contributed by atoms with E-state index in [2.05, 4.69) is 4.98 Å². The maximum atomic E-state index is 13.0. The Morgan fingerprint density at radius 2 is 1.95 bits per heavy atom. The number of halogens is 3. The van der Waals surface area contributed by atoms with E-state index in [1.807, 2.05) is 0 Å². The molecule has 4 nitrogen and oxygen atoms in total. The number of aliphatic carboxylic acids is 1. The first-order chi connectivity index (χ1) is 9.27. The van der Waals surface area contributed by atoms with E-state index in [0.717, 1.165) is 6.07 Å². The van der Waals surface area contributed by atoms with Crippen LogP contribution in [-0.2, 0) is 16.4 Å². The van der Waals surface area contributed by atoms with Gasteiger partial charge in [-0.2, -0.15) is 13.2 Å². The fourth-order valence-electron chi connectivity index (χ4n) is 2.73. The van der Waals surface area contributed by atoms with Crippen molar-refractivity contribution in [1.29, 1.82) is 0 Å². The van der Waals surface area contributed by atoms with E-state index in [-0.39, 0.29) is 31.2 Å². The van der Waals surface area contributed by atoms with Crippen LogP contribution in [0.15, 0.2) is 18.5 Å². The van der Waals surface area contributed by atoms with Crippen LogP contribution >= 0.6 is 0 Å². The number of aliphatic hydroxyl groups excluding tert-OH is 1. The minimum atomic E-state index is -4.65. The molecular weight excluding hydrogens is 275 g/mol. The van der Waals surface area contributed by atoms with Crippen molar-refractivity contribution in [2.75, 3.05) is 0 Å². The van der Waals surface area contributed by atoms with Crippen LogP contribution in [-0.4, -0.2) is 27.3 Å². The number of hydrogen-bond donors (Lipinski definition) is 2. The average molecular weight is 289 g/mol. The molecule has 1 saturated carbocycles. The lowest BCUT2D eigenvalue weighted by Crippen LogP contribution is -2.42. The van der Waals surface area contributed by atoms with E-state index in [1.54, 1.807) is 0 Å². The molecular formula is C13H14F3NO3. The molecule has 0 atom stereocenters. The van der Waals surface area contributed by atoms with Crippen LogP contribution in [0.1, 0.15) is 36.8 Å². The van der Waals surface area contributed by atoms with Crippen molar-refractivity contribution in [2.24, 2.45) is 0 Å². The van der Waals surface area contributed by atoms with Gasteiger partial charge in [0.1, 0.15) is 0 Å². The summed E-state index contributed by atoms with van der Waals surface area (Å²) in [5, 5.41) is 18.9. The second-order valence-electron chi connectivity index (χ2n) is 5.04. The lowest BCUT2D eigenvalue weighted by Gasteiger charge is -2.36. The van der Waals surface area contributed by atoms with Gasteiger partial charge in [-0.3, -0.25) is 9.78 Å². The summed E-state index contributed by atoms with van der Waals surface area (Å²) < 4.78 is 39.1. The summed E-state index contributed by atoms with van der Waals surface area (Å²) in [5.74, 6) is -1.29. The molecule has 20 heavy (non-hydrogen) atoms. The number of carboxylic acids is 1. The van der Waals surface area contributed by atoms with Crippen molar-refractivity contribution in [3.63, 3.8) is 0 Å². The Bertz CT molecular complexity index is 508. The predicted octanol–water partition coefficient (Wildman–Crippen LogP) is 2.36. The summed E-state index contributed by atoms with van der Waals surface area (Å²) in [6, 6.07) is 1.12. The largest absolute Gasteiger partial charge is 0.481 e. The number of rotatable bonds is 2. The Morgan fingerprint density at radius 1 is 1.35 bits per heavy atom. The van der Waals surface area contributed by atoms with E-state index < -0.39 is 29.2 Å². The van der Waals surface area contributed by atoms with E-state index in [1.165, 1.54) is 6.20 Å². The number of alkyl halides is 3. The van der Waals surface area contributed by atoms with Crippen molar-refractivity contribution in [2.45, 2.75) is 43.4 Å². The zero-order chi connectivity index (χ0) is 15.0. The highest BCUT2D eigenvalue weighted by molar-refractivity contribution is 5.82. The number of aromatic nitrogens is 1. The van der Waals surface area contributed by atoms with E-state index in [0.29, 0.717) is 6.20 Å². The van der Waals surface area contributed by atoms with E-state index in [4.69, 9.17) is 0 Å². The Hall–Kier alpha value is -1.63. The van der Waals surface area contributed by atoms with Crippen molar-refractivity contribution in [1.82, 2.24) is 4.98 Å². The summed E-state index contributed by atoms with van der Waals surface area (Å²) in [6.07, 6.45) is -3.17. The summed E-state index contributed by atoms with van der Waals surface area (Å²) in [5.41, 5.74) is -2.88. The molecule has 0 amide bonds. The quantitative estimate of drug-likeness (QED) is 0.876. The number of pyridine rings is 1. The van der Waals surface area contributed by atoms with Crippen molar-refractivity contribution in [3.05, 3.63) is 29.6 Å². The molecule has 1 aliphatic rings. The summed E-state index contributed by atoms with van der Waals surface area (Å²) >= 11 is 0. The first kappa shape index (κ1) is 14.8. The van der Waals surface area contributed by atoms with Gasteiger partial charge >= 0.3 is 12.1 Å². The van der Waals surface area contributed by atoms with E-state index in [9.17, 15) is 28.2 Å². The van der Waals surface area contributed by atoms with Gasteiger partial charge in [-0.25, -0.2) is 0 Å². The third-order valence-corrected chi connectivity index (χ3v) is 3.86. The highest BCUT2D eigenvalue weighted by atomic mass is 19.4. The monoisotopic (exact) mass is 289 g/mol. The molecule has 110 valence electrons. The maximum Gasteiger partial charge on any atom is 0.418 e. The molecule has 0 saturated heterocycles. The van der Waals surface area contributed by atoms with Crippen LogP contribution in [0.5, 0.6) is 0 Å². The average Bonchev–Trinajstić information content (AvgIpc) is 2.38. The minimum Gasteiger partial charge on any atom is -0.481 e. The number of hydrogen-bond acceptors (Lipinski definition) is 3. The van der Waals surface area contributed by atoms with Gasteiger partial charge in [0.2, 0.25) is 0 Å². The van der Waals surface area contributed by atoms with Gasteiger partial charge in [0.25, 0.3) is 0 Å². The summed E-state index contributed by atoms with van der Waals surface area (Å²) in [7, 11) is 0. The normalized spacial score (nSPS) is 27.3. The Labute approximate surface area is 113 Å². The molecule has 0 radical (unpaired) electrons. The van der Waals surface area contributed by atoms with Gasteiger partial charge in [0, 0.05) is 12.4 Å². The minimum absolute atomic E-state index is 0.0173. The number of nitrogens with zero attached hydrogens (tertiary/aromatic N) is 1. The SMILES string of the molecule is O=C(O)C1(c2ccncc2C(F)(F)F)CCC(O)CC1. The molecule has 0 spiro atoms. The van der Waals surface area contributed by atoms with Gasteiger partial charge < -0.3 is 10.2 Å². The summed E-state index contributed by atoms with van der Waals surface area (Å²) in [4.78, 5) is 15.0.